The third kappa shape index (κ3) is 6.88. The number of amides is 1. The number of methoxy groups -OCH3 is 1. The van der Waals surface area contributed by atoms with E-state index < -0.39 is 34.0 Å². The molecule has 0 aromatic heterocycles. The van der Waals surface area contributed by atoms with Gasteiger partial charge in [-0.25, -0.2) is 8.42 Å². The molecular formula is C24H31N5O6S. The van der Waals surface area contributed by atoms with Crippen LogP contribution in [0.15, 0.2) is 53.4 Å². The van der Waals surface area contributed by atoms with Gasteiger partial charge in [-0.15, -0.1) is 0 Å². The smallest absolute Gasteiger partial charge is 0.325 e. The lowest BCUT2D eigenvalue weighted by Crippen LogP contribution is -2.49. The summed E-state index contributed by atoms with van der Waals surface area (Å²) in [5, 5.41) is 11.8. The molecule has 0 saturated carbocycles. The highest BCUT2D eigenvalue weighted by Crippen LogP contribution is 2.34. The Bertz CT molecular complexity index is 1220. The van der Waals surface area contributed by atoms with Gasteiger partial charge in [0.25, 0.3) is 0 Å². The molecule has 3 rings (SSSR count). The van der Waals surface area contributed by atoms with Gasteiger partial charge in [0.1, 0.15) is 11.9 Å². The maximum Gasteiger partial charge on any atom is 0.325 e. The van der Waals surface area contributed by atoms with E-state index in [1.807, 2.05) is 12.1 Å². The molecule has 194 valence electrons. The van der Waals surface area contributed by atoms with Crippen LogP contribution in [0.2, 0.25) is 0 Å². The molecule has 2 aromatic carbocycles. The third-order valence-electron chi connectivity index (χ3n) is 5.85. The van der Waals surface area contributed by atoms with Crippen molar-refractivity contribution in [3.8, 4) is 0 Å². The summed E-state index contributed by atoms with van der Waals surface area (Å²) in [6.45, 7) is 1.47. The van der Waals surface area contributed by atoms with Crippen molar-refractivity contribution < 1.29 is 27.6 Å². The minimum absolute atomic E-state index is 0.00694. The van der Waals surface area contributed by atoms with Gasteiger partial charge < -0.3 is 15.8 Å². The molecule has 0 radical (unpaired) electrons. The Labute approximate surface area is 210 Å². The minimum Gasteiger partial charge on any atom is -0.468 e. The summed E-state index contributed by atoms with van der Waals surface area (Å²) < 4.78 is 32.5. The molecule has 3 atom stereocenters. The maximum atomic E-state index is 12.7. The van der Waals surface area contributed by atoms with E-state index in [0.29, 0.717) is 12.0 Å². The number of rotatable bonds is 10. The summed E-state index contributed by atoms with van der Waals surface area (Å²) in [5.41, 5.74) is 7.83. The van der Waals surface area contributed by atoms with Crippen LogP contribution in [0, 0.1) is 12.3 Å². The molecule has 11 nitrogen and oxygen atoms in total. The molecule has 0 unspecified atom stereocenters. The number of carbonyl (C=O) groups is 2. The minimum atomic E-state index is -4.02. The molecule has 1 saturated heterocycles. The number of ether oxygens (including phenoxy) is 1. The van der Waals surface area contributed by atoms with Gasteiger partial charge in [-0.3, -0.25) is 19.8 Å². The van der Waals surface area contributed by atoms with E-state index in [4.69, 9.17) is 20.7 Å². The van der Waals surface area contributed by atoms with Gasteiger partial charge in [-0.1, -0.05) is 36.4 Å². The largest absolute Gasteiger partial charge is 0.468 e. The second-order valence-electron chi connectivity index (χ2n) is 8.58. The van der Waals surface area contributed by atoms with Crippen molar-refractivity contribution in [2.45, 2.75) is 42.8 Å². The number of nitrogens with zero attached hydrogens (tertiary/aromatic N) is 1. The van der Waals surface area contributed by atoms with Gasteiger partial charge in [0.05, 0.1) is 30.6 Å². The molecule has 2 aromatic rings. The van der Waals surface area contributed by atoms with E-state index in [2.05, 4.69) is 10.0 Å². The standard InChI is InChI=1S/C24H31N5O6S/c1-15-5-4-6-19(11-15)36(32,33)28-20(24(31)34-3)14-27-22(30)13-18-12-21(29(2)35-18)16-7-9-17(10-8-16)23(25)26/h4-11,18,20-21,28H,12-14H2,1-3H3,(H3,25,26)(H,27,30)/t18-,20-,21-/m0/s1. The first-order valence-electron chi connectivity index (χ1n) is 11.3. The molecule has 0 spiro atoms. The van der Waals surface area contributed by atoms with E-state index in [-0.39, 0.29) is 29.7 Å². The quantitative estimate of drug-likeness (QED) is 0.206. The van der Waals surface area contributed by atoms with Crippen LogP contribution in [0.3, 0.4) is 0 Å². The molecule has 0 aliphatic carbocycles. The summed E-state index contributed by atoms with van der Waals surface area (Å²) in [6.07, 6.45) is 0.155. The van der Waals surface area contributed by atoms with Crippen molar-refractivity contribution >= 4 is 27.7 Å². The summed E-state index contributed by atoms with van der Waals surface area (Å²) in [5.74, 6) is -1.24. The molecular weight excluding hydrogens is 486 g/mol. The van der Waals surface area contributed by atoms with Crippen molar-refractivity contribution in [1.82, 2.24) is 15.1 Å². The molecule has 5 N–H and O–H groups in total. The Balaban J connectivity index is 1.58. The Morgan fingerprint density at radius 2 is 1.94 bits per heavy atom. The highest BCUT2D eigenvalue weighted by molar-refractivity contribution is 7.89. The van der Waals surface area contributed by atoms with Crippen LogP contribution in [0.4, 0.5) is 0 Å². The molecule has 1 aliphatic rings. The predicted octanol–water partition coefficient (Wildman–Crippen LogP) is 0.982. The Morgan fingerprint density at radius 1 is 1.25 bits per heavy atom. The molecule has 12 heteroatoms. The summed E-state index contributed by atoms with van der Waals surface area (Å²) in [6, 6.07) is 12.1. The lowest BCUT2D eigenvalue weighted by molar-refractivity contribution is -0.152. The van der Waals surface area contributed by atoms with E-state index >= 15 is 0 Å². The second kappa shape index (κ2) is 11.6. The van der Waals surface area contributed by atoms with E-state index in [1.54, 1.807) is 43.3 Å². The van der Waals surface area contributed by atoms with E-state index in [0.717, 1.165) is 18.2 Å². The first kappa shape index (κ1) is 27.3. The van der Waals surface area contributed by atoms with Crippen molar-refractivity contribution in [3.05, 3.63) is 65.2 Å². The Morgan fingerprint density at radius 3 is 2.56 bits per heavy atom. The number of carbonyl (C=O) groups excluding carboxylic acids is 2. The number of hydrogen-bond acceptors (Lipinski definition) is 8. The van der Waals surface area contributed by atoms with Crippen molar-refractivity contribution in [2.75, 3.05) is 20.7 Å². The molecule has 0 bridgehead atoms. The number of nitrogens with one attached hydrogen (secondary N) is 3. The number of esters is 1. The number of hydrogen-bond donors (Lipinski definition) is 4. The highest BCUT2D eigenvalue weighted by Gasteiger charge is 2.34. The molecule has 1 amide bonds. The van der Waals surface area contributed by atoms with Crippen molar-refractivity contribution in [1.29, 1.82) is 5.41 Å². The lowest BCUT2D eigenvalue weighted by Gasteiger charge is -2.18. The number of nitrogen functional groups attached to an aromatic ring is 1. The molecule has 1 aliphatic heterocycles. The maximum absolute atomic E-state index is 12.7. The average molecular weight is 518 g/mol. The zero-order valence-corrected chi connectivity index (χ0v) is 21.2. The summed E-state index contributed by atoms with van der Waals surface area (Å²) in [4.78, 5) is 30.6. The molecule has 1 heterocycles. The van der Waals surface area contributed by atoms with Crippen LogP contribution in [0.1, 0.15) is 35.6 Å². The predicted molar refractivity (Wildman–Crippen MR) is 132 cm³/mol. The molecule has 1 fully saturated rings. The fraction of sp³-hybridized carbons (Fsp3) is 0.375. The monoisotopic (exact) mass is 517 g/mol. The average Bonchev–Trinajstić information content (AvgIpc) is 3.20. The SMILES string of the molecule is COC(=O)[C@H](CNC(=O)C[C@@H]1C[C@@H](c2ccc(C(=N)N)cc2)N(C)O1)NS(=O)(=O)c1cccc(C)c1. The summed E-state index contributed by atoms with van der Waals surface area (Å²) in [7, 11) is -1.10. The zero-order valence-electron chi connectivity index (χ0n) is 20.4. The Hall–Kier alpha value is -3.32. The number of amidine groups is 1. The number of benzene rings is 2. The van der Waals surface area contributed by atoms with Gasteiger partial charge >= 0.3 is 5.97 Å². The van der Waals surface area contributed by atoms with Crippen molar-refractivity contribution in [2.24, 2.45) is 5.73 Å². The number of hydroxylamine groups is 2. The van der Waals surface area contributed by atoms with Crippen LogP contribution < -0.4 is 15.8 Å². The van der Waals surface area contributed by atoms with Crippen LogP contribution in [0.25, 0.3) is 0 Å². The third-order valence-corrected chi connectivity index (χ3v) is 7.32. The van der Waals surface area contributed by atoms with Gasteiger partial charge in [-0.05, 0) is 36.6 Å². The topological polar surface area (TPSA) is 164 Å². The summed E-state index contributed by atoms with van der Waals surface area (Å²) >= 11 is 0. The van der Waals surface area contributed by atoms with E-state index in [9.17, 15) is 18.0 Å². The Kier molecular flexibility index (Phi) is 8.79. The van der Waals surface area contributed by atoms with Crippen LogP contribution in [0.5, 0.6) is 0 Å². The first-order chi connectivity index (χ1) is 17.0. The fourth-order valence-electron chi connectivity index (χ4n) is 3.95. The van der Waals surface area contributed by atoms with Crippen LogP contribution in [-0.2, 0) is 29.2 Å². The second-order valence-corrected chi connectivity index (χ2v) is 10.3. The van der Waals surface area contributed by atoms with E-state index in [1.165, 1.54) is 12.1 Å². The highest BCUT2D eigenvalue weighted by atomic mass is 32.2. The zero-order chi connectivity index (χ0) is 26.5. The van der Waals surface area contributed by atoms with Crippen molar-refractivity contribution in [3.63, 3.8) is 0 Å². The molecule has 36 heavy (non-hydrogen) atoms. The van der Waals surface area contributed by atoms with Crippen LogP contribution >= 0.6 is 0 Å². The number of aryl methyl sites for hydroxylation is 1. The number of nitrogens with two attached hydrogens (primary N) is 1. The van der Waals surface area contributed by atoms with Gasteiger partial charge in [0, 0.05) is 19.2 Å². The first-order valence-corrected chi connectivity index (χ1v) is 12.8. The van der Waals surface area contributed by atoms with Gasteiger partial charge in [-0.2, -0.15) is 9.79 Å². The van der Waals surface area contributed by atoms with Gasteiger partial charge in [0.15, 0.2) is 0 Å². The van der Waals surface area contributed by atoms with Crippen LogP contribution in [-0.4, -0.2) is 64.0 Å². The normalized spacial score (nSPS) is 19.0. The van der Waals surface area contributed by atoms with Gasteiger partial charge in [0.2, 0.25) is 15.9 Å². The lowest BCUT2D eigenvalue weighted by atomic mass is 9.99. The fourth-order valence-corrected chi connectivity index (χ4v) is 5.24. The number of sulfonamides is 1.